The van der Waals surface area contributed by atoms with Crippen LogP contribution in [0.15, 0.2) is 12.2 Å². The van der Waals surface area contributed by atoms with Gasteiger partial charge < -0.3 is 5.11 Å². The summed E-state index contributed by atoms with van der Waals surface area (Å²) >= 11 is 0. The second-order valence-corrected chi connectivity index (χ2v) is 4.82. The molecule has 2 amide bonds. The van der Waals surface area contributed by atoms with Gasteiger partial charge in [0.2, 0.25) is 11.8 Å². The molecule has 2 atom stereocenters. The maximum atomic E-state index is 12.2. The summed E-state index contributed by atoms with van der Waals surface area (Å²) in [5, 5.41) is 8.61. The molecule has 2 aliphatic rings. The van der Waals surface area contributed by atoms with Crippen LogP contribution in [0.5, 0.6) is 0 Å². The van der Waals surface area contributed by atoms with Gasteiger partial charge in [-0.25, -0.2) is 0 Å². The van der Waals surface area contributed by atoms with E-state index in [1.165, 1.54) is 0 Å². The van der Waals surface area contributed by atoms with Crippen LogP contribution >= 0.6 is 0 Å². The first-order chi connectivity index (χ1) is 7.97. The van der Waals surface area contributed by atoms with Crippen molar-refractivity contribution >= 4 is 17.8 Å². The Kier molecular flexibility index (Phi) is 2.77. The zero-order chi connectivity index (χ0) is 12.6. The molecule has 1 fully saturated rings. The molecule has 0 aromatic carbocycles. The number of carbonyl (C=O) groups is 3. The van der Waals surface area contributed by atoms with Gasteiger partial charge >= 0.3 is 5.97 Å². The van der Waals surface area contributed by atoms with Crippen molar-refractivity contribution in [3.63, 3.8) is 0 Å². The summed E-state index contributed by atoms with van der Waals surface area (Å²) in [7, 11) is 0. The third-order valence-corrected chi connectivity index (χ3v) is 3.70. The van der Waals surface area contributed by atoms with Crippen LogP contribution in [0.2, 0.25) is 0 Å². The van der Waals surface area contributed by atoms with E-state index >= 15 is 0 Å². The van der Waals surface area contributed by atoms with E-state index in [4.69, 9.17) is 5.11 Å². The zero-order valence-corrected chi connectivity index (χ0v) is 9.68. The summed E-state index contributed by atoms with van der Waals surface area (Å²) in [6.45, 7) is 1.78. The fourth-order valence-corrected chi connectivity index (χ4v) is 2.59. The second-order valence-electron chi connectivity index (χ2n) is 4.82. The van der Waals surface area contributed by atoms with Crippen molar-refractivity contribution in [2.75, 3.05) is 6.54 Å². The van der Waals surface area contributed by atoms with E-state index in [0.717, 1.165) is 4.90 Å². The van der Waals surface area contributed by atoms with Gasteiger partial charge in [0.25, 0.3) is 0 Å². The lowest BCUT2D eigenvalue weighted by Gasteiger charge is -2.27. The number of amides is 2. The van der Waals surface area contributed by atoms with Crippen LogP contribution in [0.3, 0.4) is 0 Å². The first kappa shape index (κ1) is 11.8. The summed E-state index contributed by atoms with van der Waals surface area (Å²) in [5.74, 6) is -1.75. The number of imide groups is 1. The molecule has 5 nitrogen and oxygen atoms in total. The number of hydrogen-bond donors (Lipinski definition) is 1. The van der Waals surface area contributed by atoms with Gasteiger partial charge in [0.15, 0.2) is 0 Å². The minimum absolute atomic E-state index is 0.0148. The highest BCUT2D eigenvalue weighted by Crippen LogP contribution is 2.45. The molecule has 0 aromatic heterocycles. The van der Waals surface area contributed by atoms with E-state index in [1.807, 2.05) is 12.2 Å². The maximum Gasteiger partial charge on any atom is 0.305 e. The van der Waals surface area contributed by atoms with Crippen LogP contribution in [0.25, 0.3) is 0 Å². The smallest absolute Gasteiger partial charge is 0.305 e. The highest BCUT2D eigenvalue weighted by Gasteiger charge is 2.55. The Hall–Kier alpha value is -1.65. The van der Waals surface area contributed by atoms with E-state index in [2.05, 4.69) is 0 Å². The average Bonchev–Trinajstić information content (AvgIpc) is 2.46. The Morgan fingerprint density at radius 3 is 2.82 bits per heavy atom. The molecule has 1 aliphatic carbocycles. The standard InChI is InChI=1S/C12H15NO4/c1-12-6-3-2-4-8(12)10(16)13(11(12)17)7-5-9(14)15/h2-3,8H,4-7H2,1H3,(H,14,15)/t8-,12+/m0/s1. The molecule has 0 unspecified atom stereocenters. The molecule has 0 radical (unpaired) electrons. The number of carboxylic acids is 1. The van der Waals surface area contributed by atoms with Crippen LogP contribution in [-0.2, 0) is 14.4 Å². The van der Waals surface area contributed by atoms with Gasteiger partial charge in [0.05, 0.1) is 17.8 Å². The number of rotatable bonds is 3. The van der Waals surface area contributed by atoms with Crippen molar-refractivity contribution in [3.05, 3.63) is 12.2 Å². The minimum atomic E-state index is -0.997. The lowest BCUT2D eigenvalue weighted by molar-refractivity contribution is -0.142. The topological polar surface area (TPSA) is 74.7 Å². The number of aliphatic carboxylic acids is 1. The number of carboxylic acid groups (broad SMARTS) is 1. The Morgan fingerprint density at radius 2 is 2.24 bits per heavy atom. The van der Waals surface area contributed by atoms with Crippen molar-refractivity contribution in [3.8, 4) is 0 Å². The van der Waals surface area contributed by atoms with E-state index in [-0.39, 0.29) is 30.7 Å². The fourth-order valence-electron chi connectivity index (χ4n) is 2.59. The van der Waals surface area contributed by atoms with Crippen molar-refractivity contribution < 1.29 is 19.5 Å². The van der Waals surface area contributed by atoms with Crippen LogP contribution in [0, 0.1) is 11.3 Å². The molecule has 1 heterocycles. The van der Waals surface area contributed by atoms with Gasteiger partial charge in [-0.05, 0) is 19.8 Å². The molecule has 5 heteroatoms. The van der Waals surface area contributed by atoms with E-state index < -0.39 is 11.4 Å². The van der Waals surface area contributed by atoms with Crippen LogP contribution < -0.4 is 0 Å². The fraction of sp³-hybridized carbons (Fsp3) is 0.583. The molecule has 2 rings (SSSR count). The van der Waals surface area contributed by atoms with Gasteiger partial charge in [-0.1, -0.05) is 12.2 Å². The Bertz CT molecular complexity index is 415. The number of hydrogen-bond acceptors (Lipinski definition) is 3. The molecular weight excluding hydrogens is 222 g/mol. The van der Waals surface area contributed by atoms with Gasteiger partial charge in [0, 0.05) is 6.54 Å². The monoisotopic (exact) mass is 237 g/mol. The number of nitrogens with zero attached hydrogens (tertiary/aromatic N) is 1. The molecule has 0 bridgehead atoms. The lowest BCUT2D eigenvalue weighted by atomic mass is 9.72. The lowest BCUT2D eigenvalue weighted by Crippen LogP contribution is -2.36. The van der Waals surface area contributed by atoms with Gasteiger partial charge in [-0.2, -0.15) is 0 Å². The molecule has 0 aromatic rings. The highest BCUT2D eigenvalue weighted by atomic mass is 16.4. The van der Waals surface area contributed by atoms with Gasteiger partial charge in [-0.3, -0.25) is 19.3 Å². The van der Waals surface area contributed by atoms with E-state index in [0.29, 0.717) is 12.8 Å². The summed E-state index contributed by atoms with van der Waals surface area (Å²) in [5.41, 5.74) is -0.662. The normalized spacial score (nSPS) is 31.8. The number of allylic oxidation sites excluding steroid dienone is 2. The highest BCUT2D eigenvalue weighted by molar-refractivity contribution is 6.07. The summed E-state index contributed by atoms with van der Waals surface area (Å²) in [6, 6.07) is 0. The van der Waals surface area contributed by atoms with Crippen LogP contribution in [0.1, 0.15) is 26.2 Å². The summed E-state index contributed by atoms with van der Waals surface area (Å²) in [4.78, 5) is 35.8. The third kappa shape index (κ3) is 1.75. The van der Waals surface area contributed by atoms with Gasteiger partial charge in [-0.15, -0.1) is 0 Å². The molecule has 1 aliphatic heterocycles. The van der Waals surface area contributed by atoms with Crippen molar-refractivity contribution in [1.29, 1.82) is 0 Å². The quantitative estimate of drug-likeness (QED) is 0.582. The third-order valence-electron chi connectivity index (χ3n) is 3.70. The predicted octanol–water partition coefficient (Wildman–Crippen LogP) is 0.802. The number of fused-ring (bicyclic) bond motifs is 1. The molecule has 1 saturated heterocycles. The Morgan fingerprint density at radius 1 is 1.53 bits per heavy atom. The largest absolute Gasteiger partial charge is 0.481 e. The minimum Gasteiger partial charge on any atom is -0.481 e. The molecule has 17 heavy (non-hydrogen) atoms. The molecule has 1 N–H and O–H groups in total. The van der Waals surface area contributed by atoms with Crippen molar-refractivity contribution in [2.24, 2.45) is 11.3 Å². The Balaban J connectivity index is 2.19. The van der Waals surface area contributed by atoms with Crippen molar-refractivity contribution in [2.45, 2.75) is 26.2 Å². The SMILES string of the molecule is C[C@@]12CC=CC[C@H]1C(=O)N(CCC(=O)O)C2=O. The predicted molar refractivity (Wildman–Crippen MR) is 58.9 cm³/mol. The van der Waals surface area contributed by atoms with Crippen molar-refractivity contribution in [1.82, 2.24) is 4.90 Å². The molecule has 92 valence electrons. The van der Waals surface area contributed by atoms with Crippen LogP contribution in [0.4, 0.5) is 0 Å². The maximum absolute atomic E-state index is 12.2. The number of likely N-dealkylation sites (tertiary alicyclic amines) is 1. The number of carbonyl (C=O) groups excluding carboxylic acids is 2. The first-order valence-corrected chi connectivity index (χ1v) is 5.69. The molecule has 0 saturated carbocycles. The average molecular weight is 237 g/mol. The second kappa shape index (κ2) is 3.98. The first-order valence-electron chi connectivity index (χ1n) is 5.69. The zero-order valence-electron chi connectivity index (χ0n) is 9.68. The molecule has 0 spiro atoms. The van der Waals surface area contributed by atoms with E-state index in [1.54, 1.807) is 6.92 Å². The van der Waals surface area contributed by atoms with E-state index in [9.17, 15) is 14.4 Å². The summed E-state index contributed by atoms with van der Waals surface area (Å²) < 4.78 is 0. The van der Waals surface area contributed by atoms with Gasteiger partial charge in [0.1, 0.15) is 0 Å². The summed E-state index contributed by atoms with van der Waals surface area (Å²) in [6.07, 6.45) is 4.78. The Labute approximate surface area is 99.1 Å². The molecular formula is C12H15NO4. The van der Waals surface area contributed by atoms with Crippen LogP contribution in [-0.4, -0.2) is 34.3 Å².